The predicted octanol–water partition coefficient (Wildman–Crippen LogP) is 5.52. The lowest BCUT2D eigenvalue weighted by Crippen LogP contribution is -2.31. The van der Waals surface area contributed by atoms with Crippen LogP contribution < -0.4 is 9.64 Å². The third-order valence-electron chi connectivity index (χ3n) is 6.72. The second kappa shape index (κ2) is 9.02. The Bertz CT molecular complexity index is 841. The van der Waals surface area contributed by atoms with Crippen molar-refractivity contribution in [2.24, 2.45) is 11.3 Å². The lowest BCUT2D eigenvalue weighted by Gasteiger charge is -2.38. The smallest absolute Gasteiger partial charge is 0.305 e. The average molecular weight is 399 g/mol. The average Bonchev–Trinajstić information content (AvgIpc) is 2.72. The van der Waals surface area contributed by atoms with Crippen LogP contribution in [-0.4, -0.2) is 35.8 Å². The van der Waals surface area contributed by atoms with Crippen molar-refractivity contribution in [2.75, 3.05) is 18.5 Å². The number of carboxylic acids is 1. The number of anilines is 1. The van der Waals surface area contributed by atoms with Crippen LogP contribution in [-0.2, 0) is 4.79 Å². The first-order valence-corrected chi connectivity index (χ1v) is 10.8. The van der Waals surface area contributed by atoms with Crippen LogP contribution in [0.15, 0.2) is 30.5 Å². The molecule has 0 atom stereocenters. The summed E-state index contributed by atoms with van der Waals surface area (Å²) in [5.74, 6) is 1.69. The maximum absolute atomic E-state index is 10.8. The van der Waals surface area contributed by atoms with Gasteiger partial charge in [0, 0.05) is 25.2 Å². The van der Waals surface area contributed by atoms with Crippen molar-refractivity contribution in [3.05, 3.63) is 30.5 Å². The maximum atomic E-state index is 10.8. The number of hydrogen-bond acceptors (Lipinski definition) is 4. The van der Waals surface area contributed by atoms with Gasteiger partial charge >= 0.3 is 5.97 Å². The van der Waals surface area contributed by atoms with E-state index < -0.39 is 5.97 Å². The van der Waals surface area contributed by atoms with Gasteiger partial charge in [0.05, 0.1) is 12.5 Å². The molecule has 0 unspecified atom stereocenters. The number of ether oxygens (including phenoxy) is 1. The number of carboxylic acid groups (broad SMARTS) is 1. The zero-order valence-corrected chi connectivity index (χ0v) is 18.1. The number of benzene rings is 1. The first-order valence-electron chi connectivity index (χ1n) is 10.8. The highest BCUT2D eigenvalue weighted by Crippen LogP contribution is 2.41. The predicted molar refractivity (Wildman–Crippen MR) is 118 cm³/mol. The molecule has 1 aliphatic rings. The summed E-state index contributed by atoms with van der Waals surface area (Å²) in [4.78, 5) is 17.1. The number of fused-ring (bicyclic) bond motifs is 1. The minimum atomic E-state index is -0.799. The minimum Gasteiger partial charge on any atom is -0.490 e. The molecule has 0 radical (unpaired) electrons. The van der Waals surface area contributed by atoms with Crippen molar-refractivity contribution in [1.82, 2.24) is 4.98 Å². The topological polar surface area (TPSA) is 62.7 Å². The summed E-state index contributed by atoms with van der Waals surface area (Å²) in [5, 5.41) is 11.0. The first kappa shape index (κ1) is 21.4. The fourth-order valence-corrected chi connectivity index (χ4v) is 4.21. The van der Waals surface area contributed by atoms with Crippen LogP contribution >= 0.6 is 0 Å². The van der Waals surface area contributed by atoms with Crippen molar-refractivity contribution in [1.29, 1.82) is 0 Å². The van der Waals surface area contributed by atoms with Crippen LogP contribution in [0.5, 0.6) is 5.75 Å². The van der Waals surface area contributed by atoms with Gasteiger partial charge in [-0.25, -0.2) is 4.98 Å². The zero-order chi connectivity index (χ0) is 21.0. The molecular weight excluding hydrogens is 364 g/mol. The molecule has 1 aliphatic carbocycles. The fraction of sp³-hybridized carbons (Fsp3) is 0.583. The lowest BCUT2D eigenvalue weighted by molar-refractivity contribution is -0.136. The molecule has 0 spiro atoms. The van der Waals surface area contributed by atoms with Crippen LogP contribution in [0.4, 0.5) is 5.82 Å². The van der Waals surface area contributed by atoms with Crippen LogP contribution in [0.25, 0.3) is 10.8 Å². The zero-order valence-electron chi connectivity index (χ0n) is 18.1. The normalized spacial score (nSPS) is 19.9. The van der Waals surface area contributed by atoms with Gasteiger partial charge in [-0.05, 0) is 60.6 Å². The molecule has 0 aliphatic heterocycles. The summed E-state index contributed by atoms with van der Waals surface area (Å²) < 4.78 is 6.30. The molecular formula is C24H34N2O3. The van der Waals surface area contributed by atoms with Crippen LogP contribution in [0.2, 0.25) is 0 Å². The summed E-state index contributed by atoms with van der Waals surface area (Å²) in [6.07, 6.45) is 8.20. The molecule has 0 saturated heterocycles. The van der Waals surface area contributed by atoms with Gasteiger partial charge in [0.1, 0.15) is 11.6 Å². The molecule has 1 fully saturated rings. The van der Waals surface area contributed by atoms with E-state index in [0.717, 1.165) is 41.1 Å². The van der Waals surface area contributed by atoms with Gasteiger partial charge in [-0.2, -0.15) is 0 Å². The van der Waals surface area contributed by atoms with Gasteiger partial charge in [0.15, 0.2) is 0 Å². The number of aliphatic carboxylic acids is 1. The molecule has 1 aromatic carbocycles. The molecule has 5 heteroatoms. The van der Waals surface area contributed by atoms with Gasteiger partial charge in [0.2, 0.25) is 0 Å². The Morgan fingerprint density at radius 2 is 1.93 bits per heavy atom. The highest BCUT2D eigenvalue weighted by Gasteiger charge is 2.32. The Hall–Kier alpha value is -2.30. The molecule has 158 valence electrons. The maximum Gasteiger partial charge on any atom is 0.305 e. The fourth-order valence-electron chi connectivity index (χ4n) is 4.21. The molecule has 5 nitrogen and oxygen atoms in total. The molecule has 3 rings (SSSR count). The molecule has 1 N–H and O–H groups in total. The largest absolute Gasteiger partial charge is 0.490 e. The molecule has 2 aromatic rings. The van der Waals surface area contributed by atoms with Gasteiger partial charge < -0.3 is 14.7 Å². The number of rotatable bonds is 8. The summed E-state index contributed by atoms with van der Waals surface area (Å²) in [5.41, 5.74) is 0.426. The van der Waals surface area contributed by atoms with E-state index in [1.54, 1.807) is 0 Å². The molecule has 0 bridgehead atoms. The quantitative estimate of drug-likeness (QED) is 0.634. The van der Waals surface area contributed by atoms with Gasteiger partial charge in [-0.1, -0.05) is 33.3 Å². The van der Waals surface area contributed by atoms with Crippen molar-refractivity contribution in [3.8, 4) is 5.75 Å². The highest BCUT2D eigenvalue weighted by atomic mass is 16.5. The van der Waals surface area contributed by atoms with E-state index in [1.807, 2.05) is 30.3 Å². The van der Waals surface area contributed by atoms with Gasteiger partial charge in [0.25, 0.3) is 0 Å². The van der Waals surface area contributed by atoms with E-state index in [4.69, 9.17) is 9.84 Å². The van der Waals surface area contributed by atoms with E-state index in [2.05, 4.69) is 37.9 Å². The highest BCUT2D eigenvalue weighted by molar-refractivity contribution is 5.85. The van der Waals surface area contributed by atoms with Crippen molar-refractivity contribution >= 4 is 22.6 Å². The summed E-state index contributed by atoms with van der Waals surface area (Å²) in [7, 11) is 1.87. The Balaban J connectivity index is 1.62. The van der Waals surface area contributed by atoms with Crippen LogP contribution in [0.3, 0.4) is 0 Å². The Morgan fingerprint density at radius 1 is 1.21 bits per heavy atom. The lowest BCUT2D eigenvalue weighted by atomic mass is 9.69. The number of hydrogen-bond donors (Lipinski definition) is 1. The van der Waals surface area contributed by atoms with Gasteiger partial charge in [-0.15, -0.1) is 0 Å². The molecule has 29 heavy (non-hydrogen) atoms. The number of carbonyl (C=O) groups is 1. The summed E-state index contributed by atoms with van der Waals surface area (Å²) >= 11 is 0. The van der Waals surface area contributed by atoms with E-state index in [-0.39, 0.29) is 6.42 Å². The van der Waals surface area contributed by atoms with E-state index in [1.165, 1.54) is 19.3 Å². The molecule has 0 amide bonds. The summed E-state index contributed by atoms with van der Waals surface area (Å²) in [6, 6.07) is 8.16. The standard InChI is InChI=1S/C24H34N2O3/c1-5-24(2,3)19-7-10-20(11-8-19)29-21-9-6-17-15-22(25-16-18(17)14-21)26(4)13-12-23(27)28/h6,9,14-16,19-20H,5,7-8,10-13H2,1-4H3,(H,27,28). The Labute approximate surface area is 174 Å². The third kappa shape index (κ3) is 5.40. The van der Waals surface area contributed by atoms with E-state index >= 15 is 0 Å². The second-order valence-corrected chi connectivity index (χ2v) is 9.05. The van der Waals surface area contributed by atoms with E-state index in [9.17, 15) is 4.79 Å². The van der Waals surface area contributed by atoms with Crippen molar-refractivity contribution < 1.29 is 14.6 Å². The SMILES string of the molecule is CCC(C)(C)C1CCC(Oc2ccc3cc(N(C)CCC(=O)O)ncc3c2)CC1. The van der Waals surface area contributed by atoms with Crippen molar-refractivity contribution in [3.63, 3.8) is 0 Å². The van der Waals surface area contributed by atoms with Crippen LogP contribution in [0.1, 0.15) is 59.3 Å². The monoisotopic (exact) mass is 398 g/mol. The molecule has 1 heterocycles. The number of nitrogens with zero attached hydrogens (tertiary/aromatic N) is 2. The van der Waals surface area contributed by atoms with E-state index in [0.29, 0.717) is 18.1 Å². The van der Waals surface area contributed by atoms with Crippen LogP contribution in [0, 0.1) is 11.3 Å². The molecule has 1 saturated carbocycles. The third-order valence-corrected chi connectivity index (χ3v) is 6.72. The Kier molecular flexibility index (Phi) is 6.66. The number of pyridine rings is 1. The molecule has 1 aromatic heterocycles. The number of aromatic nitrogens is 1. The second-order valence-electron chi connectivity index (χ2n) is 9.05. The minimum absolute atomic E-state index is 0.0979. The van der Waals surface area contributed by atoms with Gasteiger partial charge in [-0.3, -0.25) is 4.79 Å². The Morgan fingerprint density at radius 3 is 2.59 bits per heavy atom. The first-order chi connectivity index (χ1) is 13.8. The summed E-state index contributed by atoms with van der Waals surface area (Å²) in [6.45, 7) is 7.51. The van der Waals surface area contributed by atoms with Crippen molar-refractivity contribution in [2.45, 2.75) is 65.4 Å².